The summed E-state index contributed by atoms with van der Waals surface area (Å²) in [6, 6.07) is 33.4. The number of para-hydroxylation sites is 1. The fourth-order valence-electron chi connectivity index (χ4n) is 4.53. The van der Waals surface area contributed by atoms with Crippen LogP contribution < -0.4 is 4.74 Å². The molecule has 5 aromatic carbocycles. The third kappa shape index (κ3) is 2.90. The molecule has 0 saturated heterocycles. The monoisotopic (exact) mass is 412 g/mol. The standard InChI is InChI=1S/C29H20N2O/c1-32-21-16-14-19(15-17-21)27-22-9-3-5-11-24(22)28(25-12-6-4-10-23(25)27)29-30-18-20-8-2-7-13-26(20)31-29/h2-18H,1H3. The molecule has 0 N–H and O–H groups in total. The number of fused-ring (bicyclic) bond motifs is 3. The van der Waals surface area contributed by atoms with Gasteiger partial charge in [-0.1, -0.05) is 78.9 Å². The van der Waals surface area contributed by atoms with E-state index in [2.05, 4.69) is 60.7 Å². The number of nitrogens with zero attached hydrogens (tertiary/aromatic N) is 2. The van der Waals surface area contributed by atoms with Gasteiger partial charge in [0.05, 0.1) is 12.6 Å². The van der Waals surface area contributed by atoms with Crippen molar-refractivity contribution in [2.75, 3.05) is 7.11 Å². The van der Waals surface area contributed by atoms with E-state index < -0.39 is 0 Å². The Kier molecular flexibility index (Phi) is 4.32. The second kappa shape index (κ2) is 7.47. The van der Waals surface area contributed by atoms with Gasteiger partial charge in [-0.2, -0.15) is 0 Å². The van der Waals surface area contributed by atoms with Crippen LogP contribution in [0.2, 0.25) is 0 Å². The summed E-state index contributed by atoms with van der Waals surface area (Å²) in [7, 11) is 1.69. The van der Waals surface area contributed by atoms with Gasteiger partial charge in [0, 0.05) is 17.1 Å². The van der Waals surface area contributed by atoms with Crippen molar-refractivity contribution >= 4 is 32.4 Å². The number of hydrogen-bond donors (Lipinski definition) is 0. The highest BCUT2D eigenvalue weighted by Gasteiger charge is 2.18. The highest BCUT2D eigenvalue weighted by Crippen LogP contribution is 2.42. The van der Waals surface area contributed by atoms with Gasteiger partial charge >= 0.3 is 0 Å². The van der Waals surface area contributed by atoms with Crippen LogP contribution in [0.3, 0.4) is 0 Å². The summed E-state index contributed by atoms with van der Waals surface area (Å²) in [6.07, 6.45) is 1.92. The Morgan fingerprint density at radius 1 is 0.594 bits per heavy atom. The third-order valence-corrected chi connectivity index (χ3v) is 6.02. The Balaban J connectivity index is 1.73. The summed E-state index contributed by atoms with van der Waals surface area (Å²) >= 11 is 0. The number of hydrogen-bond acceptors (Lipinski definition) is 3. The predicted octanol–water partition coefficient (Wildman–Crippen LogP) is 7.28. The average molecular weight is 412 g/mol. The molecule has 1 heterocycles. The molecular formula is C29H20N2O. The van der Waals surface area contributed by atoms with E-state index in [1.807, 2.05) is 42.6 Å². The van der Waals surface area contributed by atoms with Gasteiger partial charge in [0.1, 0.15) is 5.75 Å². The highest BCUT2D eigenvalue weighted by atomic mass is 16.5. The Hall–Kier alpha value is -4.24. The minimum atomic E-state index is 0.748. The quantitative estimate of drug-likeness (QED) is 0.287. The van der Waals surface area contributed by atoms with E-state index in [0.717, 1.165) is 44.4 Å². The lowest BCUT2D eigenvalue weighted by molar-refractivity contribution is 0.415. The Bertz CT molecular complexity index is 1550. The molecule has 0 fully saturated rings. The summed E-state index contributed by atoms with van der Waals surface area (Å²) in [6.45, 7) is 0. The molecule has 3 heteroatoms. The summed E-state index contributed by atoms with van der Waals surface area (Å²) < 4.78 is 5.38. The fraction of sp³-hybridized carbons (Fsp3) is 0.0345. The van der Waals surface area contributed by atoms with Crippen LogP contribution in [0.5, 0.6) is 5.75 Å². The van der Waals surface area contributed by atoms with E-state index >= 15 is 0 Å². The first-order valence-corrected chi connectivity index (χ1v) is 10.6. The molecule has 6 aromatic rings. The van der Waals surface area contributed by atoms with E-state index in [9.17, 15) is 0 Å². The molecule has 0 aliphatic heterocycles. The van der Waals surface area contributed by atoms with Crippen LogP contribution in [-0.2, 0) is 0 Å². The number of rotatable bonds is 3. The molecule has 0 saturated carbocycles. The number of benzene rings is 5. The maximum Gasteiger partial charge on any atom is 0.161 e. The molecule has 0 amide bonds. The minimum Gasteiger partial charge on any atom is -0.497 e. The topological polar surface area (TPSA) is 35.0 Å². The van der Waals surface area contributed by atoms with Gasteiger partial charge in [0.2, 0.25) is 0 Å². The molecule has 0 atom stereocenters. The molecular weight excluding hydrogens is 392 g/mol. The van der Waals surface area contributed by atoms with Gasteiger partial charge in [-0.05, 0) is 50.9 Å². The second-order valence-corrected chi connectivity index (χ2v) is 7.82. The van der Waals surface area contributed by atoms with Crippen LogP contribution in [-0.4, -0.2) is 17.1 Å². The molecule has 0 aliphatic carbocycles. The minimum absolute atomic E-state index is 0.748. The lowest BCUT2D eigenvalue weighted by Gasteiger charge is -2.17. The largest absolute Gasteiger partial charge is 0.497 e. The van der Waals surface area contributed by atoms with Gasteiger partial charge < -0.3 is 4.74 Å². The van der Waals surface area contributed by atoms with E-state index in [-0.39, 0.29) is 0 Å². The van der Waals surface area contributed by atoms with Crippen molar-refractivity contribution < 1.29 is 4.74 Å². The van der Waals surface area contributed by atoms with Gasteiger partial charge in [-0.15, -0.1) is 0 Å². The lowest BCUT2D eigenvalue weighted by Crippen LogP contribution is -1.95. The van der Waals surface area contributed by atoms with Crippen molar-refractivity contribution in [2.45, 2.75) is 0 Å². The first-order valence-electron chi connectivity index (χ1n) is 10.6. The Labute approximate surface area is 186 Å². The van der Waals surface area contributed by atoms with Crippen molar-refractivity contribution in [1.82, 2.24) is 9.97 Å². The van der Waals surface area contributed by atoms with Gasteiger partial charge in [-0.25, -0.2) is 9.97 Å². The van der Waals surface area contributed by atoms with Crippen molar-refractivity contribution in [3.05, 3.63) is 103 Å². The Morgan fingerprint density at radius 3 is 1.78 bits per heavy atom. The van der Waals surface area contributed by atoms with Crippen LogP contribution in [0.4, 0.5) is 0 Å². The SMILES string of the molecule is COc1ccc(-c2c3ccccc3c(-c3ncc4ccccc4n3)c3ccccc23)cc1. The molecule has 0 unspecified atom stereocenters. The van der Waals surface area contributed by atoms with Crippen LogP contribution in [0.15, 0.2) is 103 Å². The summed E-state index contributed by atoms with van der Waals surface area (Å²) in [4.78, 5) is 9.72. The Morgan fingerprint density at radius 2 is 1.16 bits per heavy atom. The molecule has 3 nitrogen and oxygen atoms in total. The fourth-order valence-corrected chi connectivity index (χ4v) is 4.53. The van der Waals surface area contributed by atoms with Gasteiger partial charge in [-0.3, -0.25) is 0 Å². The van der Waals surface area contributed by atoms with Crippen molar-refractivity contribution in [3.8, 4) is 28.3 Å². The first kappa shape index (κ1) is 18.5. The number of methoxy groups -OCH3 is 1. The van der Waals surface area contributed by atoms with Crippen LogP contribution in [0.25, 0.3) is 55.0 Å². The second-order valence-electron chi connectivity index (χ2n) is 7.82. The molecule has 0 aliphatic rings. The summed E-state index contributed by atoms with van der Waals surface area (Å²) in [5, 5.41) is 5.70. The predicted molar refractivity (Wildman–Crippen MR) is 132 cm³/mol. The smallest absolute Gasteiger partial charge is 0.161 e. The highest BCUT2D eigenvalue weighted by molar-refractivity contribution is 6.20. The molecule has 152 valence electrons. The molecule has 0 spiro atoms. The van der Waals surface area contributed by atoms with Crippen LogP contribution in [0.1, 0.15) is 0 Å². The normalized spacial score (nSPS) is 11.3. The lowest BCUT2D eigenvalue weighted by atomic mass is 9.88. The molecule has 0 radical (unpaired) electrons. The van der Waals surface area contributed by atoms with E-state index in [1.54, 1.807) is 7.11 Å². The van der Waals surface area contributed by atoms with Crippen molar-refractivity contribution in [2.24, 2.45) is 0 Å². The number of aromatic nitrogens is 2. The van der Waals surface area contributed by atoms with Crippen LogP contribution in [0, 0.1) is 0 Å². The van der Waals surface area contributed by atoms with Crippen molar-refractivity contribution in [3.63, 3.8) is 0 Å². The van der Waals surface area contributed by atoms with Gasteiger partial charge in [0.15, 0.2) is 5.82 Å². The first-order chi connectivity index (χ1) is 15.8. The zero-order chi connectivity index (χ0) is 21.5. The maximum atomic E-state index is 5.38. The van der Waals surface area contributed by atoms with E-state index in [0.29, 0.717) is 0 Å². The van der Waals surface area contributed by atoms with Gasteiger partial charge in [0.25, 0.3) is 0 Å². The summed E-state index contributed by atoms with van der Waals surface area (Å²) in [5.41, 5.74) is 4.39. The zero-order valence-corrected chi connectivity index (χ0v) is 17.6. The molecule has 0 bridgehead atoms. The van der Waals surface area contributed by atoms with E-state index in [1.165, 1.54) is 16.3 Å². The molecule has 1 aromatic heterocycles. The summed E-state index contributed by atoms with van der Waals surface area (Å²) in [5.74, 6) is 1.60. The molecule has 6 rings (SSSR count). The third-order valence-electron chi connectivity index (χ3n) is 6.02. The number of ether oxygens (including phenoxy) is 1. The van der Waals surface area contributed by atoms with Crippen molar-refractivity contribution in [1.29, 1.82) is 0 Å². The van der Waals surface area contributed by atoms with Crippen LogP contribution >= 0.6 is 0 Å². The maximum absolute atomic E-state index is 5.38. The average Bonchev–Trinajstić information content (AvgIpc) is 2.87. The zero-order valence-electron chi connectivity index (χ0n) is 17.6. The van der Waals surface area contributed by atoms with E-state index in [4.69, 9.17) is 14.7 Å². The molecule has 32 heavy (non-hydrogen) atoms.